The Balaban J connectivity index is 1.95. The maximum absolute atomic E-state index is 9.63. The van der Waals surface area contributed by atoms with E-state index in [4.69, 9.17) is 13.9 Å². The molecule has 5 nitrogen and oxygen atoms in total. The van der Waals surface area contributed by atoms with Gasteiger partial charge in [-0.2, -0.15) is 0 Å². The van der Waals surface area contributed by atoms with Gasteiger partial charge in [0, 0.05) is 19.2 Å². The van der Waals surface area contributed by atoms with E-state index in [9.17, 15) is 5.11 Å². The summed E-state index contributed by atoms with van der Waals surface area (Å²) in [4.78, 5) is 2.52. The number of aliphatic hydroxyl groups is 1. The van der Waals surface area contributed by atoms with Gasteiger partial charge in [0.25, 0.3) is 0 Å². The lowest BCUT2D eigenvalue weighted by Gasteiger charge is -2.44. The number of ether oxygens (including phenoxy) is 2. The first-order valence-electron chi connectivity index (χ1n) is 11.8. The second kappa shape index (κ2) is 9.24. The topological polar surface area (TPSA) is 51.2 Å². The Hall–Kier alpha value is -0.763. The van der Waals surface area contributed by atoms with Crippen molar-refractivity contribution < 1.29 is 19.0 Å². The van der Waals surface area contributed by atoms with Crippen molar-refractivity contribution in [3.63, 3.8) is 0 Å². The van der Waals surface area contributed by atoms with Gasteiger partial charge in [0.15, 0.2) is 14.1 Å². The highest BCUT2D eigenvalue weighted by Crippen LogP contribution is 2.45. The zero-order chi connectivity index (χ0) is 23.0. The Kier molecular flexibility index (Phi) is 7.41. The first-order chi connectivity index (χ1) is 14.4. The maximum Gasteiger partial charge on any atom is 0.192 e. The standard InChI is InChI=1S/C25H43NO4Si/c1-18(19-13-10-9-11-14-19)26-17-21-23(29-25(5,6)28-21)22(26)20(15-12-16-27)30-31(7,8)24(2,3)4/h9-11,13-14,18,20-23,27H,12,15-17H2,1-8H3/t18-,20+,21-,22-,23-/m1/s1. The number of nitrogens with zero attached hydrogens (tertiary/aromatic N) is 1. The third kappa shape index (κ3) is 5.42. The van der Waals surface area contributed by atoms with Crippen LogP contribution in [0, 0.1) is 0 Å². The number of benzene rings is 1. The van der Waals surface area contributed by atoms with Crippen molar-refractivity contribution in [3.8, 4) is 0 Å². The van der Waals surface area contributed by atoms with Gasteiger partial charge in [-0.25, -0.2) is 0 Å². The van der Waals surface area contributed by atoms with Crippen molar-refractivity contribution in [2.45, 2.75) is 109 Å². The SMILES string of the molecule is C[C@H](c1ccccc1)N1C[C@H]2OC(C)(C)O[C@H]2[C@H]1[C@H](CCCO)O[Si](C)(C)C(C)(C)C. The number of aliphatic hydroxyl groups excluding tert-OH is 1. The first-order valence-corrected chi connectivity index (χ1v) is 14.7. The molecule has 6 heteroatoms. The molecule has 31 heavy (non-hydrogen) atoms. The summed E-state index contributed by atoms with van der Waals surface area (Å²) in [7, 11) is -2.01. The number of likely N-dealkylation sites (tertiary alicyclic amines) is 1. The van der Waals surface area contributed by atoms with Gasteiger partial charge in [-0.15, -0.1) is 0 Å². The van der Waals surface area contributed by atoms with Gasteiger partial charge in [0.05, 0.1) is 12.1 Å². The Labute approximate surface area is 190 Å². The highest BCUT2D eigenvalue weighted by atomic mass is 28.4. The van der Waals surface area contributed by atoms with E-state index in [0.29, 0.717) is 0 Å². The maximum atomic E-state index is 9.63. The van der Waals surface area contributed by atoms with E-state index < -0.39 is 14.1 Å². The summed E-state index contributed by atoms with van der Waals surface area (Å²) in [6.45, 7) is 18.7. The fraction of sp³-hybridized carbons (Fsp3) is 0.760. The molecule has 0 amide bonds. The second-order valence-electron chi connectivity index (χ2n) is 11.2. The molecule has 2 saturated heterocycles. The third-order valence-corrected chi connectivity index (χ3v) is 11.9. The molecule has 1 aromatic carbocycles. The molecule has 176 valence electrons. The molecule has 5 atom stereocenters. The van der Waals surface area contributed by atoms with Crippen molar-refractivity contribution in [3.05, 3.63) is 35.9 Å². The largest absolute Gasteiger partial charge is 0.412 e. The number of hydrogen-bond donors (Lipinski definition) is 1. The molecule has 0 saturated carbocycles. The summed E-state index contributed by atoms with van der Waals surface area (Å²) >= 11 is 0. The van der Waals surface area contributed by atoms with Crippen LogP contribution in [0.2, 0.25) is 18.1 Å². The minimum absolute atomic E-state index is 0.00768. The van der Waals surface area contributed by atoms with Crippen LogP contribution in [0.15, 0.2) is 30.3 Å². The molecule has 1 N–H and O–H groups in total. The second-order valence-corrected chi connectivity index (χ2v) is 16.0. The molecule has 2 fully saturated rings. The van der Waals surface area contributed by atoms with E-state index in [0.717, 1.165) is 19.4 Å². The molecular weight excluding hydrogens is 406 g/mol. The van der Waals surface area contributed by atoms with Crippen molar-refractivity contribution in [1.82, 2.24) is 4.90 Å². The predicted octanol–water partition coefficient (Wildman–Crippen LogP) is 5.11. The Morgan fingerprint density at radius 1 is 1.19 bits per heavy atom. The number of fused-ring (bicyclic) bond motifs is 1. The van der Waals surface area contributed by atoms with Crippen molar-refractivity contribution in [2.75, 3.05) is 13.2 Å². The Morgan fingerprint density at radius 3 is 2.42 bits per heavy atom. The summed E-state index contributed by atoms with van der Waals surface area (Å²) in [5, 5.41) is 9.74. The summed E-state index contributed by atoms with van der Waals surface area (Å²) in [5.74, 6) is -0.575. The average molecular weight is 450 g/mol. The minimum atomic E-state index is -2.01. The van der Waals surface area contributed by atoms with Crippen molar-refractivity contribution >= 4 is 8.32 Å². The fourth-order valence-electron chi connectivity index (χ4n) is 4.72. The Bertz CT molecular complexity index is 718. The van der Waals surface area contributed by atoms with Crippen LogP contribution in [0.3, 0.4) is 0 Å². The molecule has 2 heterocycles. The molecule has 2 aliphatic heterocycles. The van der Waals surface area contributed by atoms with Gasteiger partial charge in [0.2, 0.25) is 0 Å². The van der Waals surface area contributed by atoms with Crippen LogP contribution in [0.5, 0.6) is 0 Å². The molecule has 2 aliphatic rings. The quantitative estimate of drug-likeness (QED) is 0.559. The van der Waals surface area contributed by atoms with E-state index in [2.05, 4.69) is 76.0 Å². The van der Waals surface area contributed by atoms with Gasteiger partial charge >= 0.3 is 0 Å². The van der Waals surface area contributed by atoms with Gasteiger partial charge in [-0.3, -0.25) is 4.90 Å². The van der Waals surface area contributed by atoms with E-state index in [1.54, 1.807) is 0 Å². The Morgan fingerprint density at radius 2 is 1.84 bits per heavy atom. The molecule has 0 unspecified atom stereocenters. The lowest BCUT2D eigenvalue weighted by molar-refractivity contribution is -0.169. The van der Waals surface area contributed by atoms with Crippen LogP contribution in [-0.4, -0.2) is 61.6 Å². The van der Waals surface area contributed by atoms with E-state index >= 15 is 0 Å². The fourth-order valence-corrected chi connectivity index (χ4v) is 6.09. The zero-order valence-electron chi connectivity index (χ0n) is 20.7. The highest BCUT2D eigenvalue weighted by Gasteiger charge is 2.56. The van der Waals surface area contributed by atoms with Gasteiger partial charge < -0.3 is 19.0 Å². The number of hydrogen-bond acceptors (Lipinski definition) is 5. The molecule has 3 rings (SSSR count). The lowest BCUT2D eigenvalue weighted by Crippen LogP contribution is -2.54. The summed E-state index contributed by atoms with van der Waals surface area (Å²) in [6.07, 6.45) is 1.54. The van der Waals surface area contributed by atoms with Crippen LogP contribution in [0.1, 0.15) is 66.0 Å². The summed E-state index contributed by atoms with van der Waals surface area (Å²) < 4.78 is 19.8. The lowest BCUT2D eigenvalue weighted by atomic mass is 9.98. The molecule has 0 radical (unpaired) electrons. The molecule has 1 aromatic rings. The summed E-state index contributed by atoms with van der Waals surface area (Å²) in [6, 6.07) is 11.0. The molecular formula is C25H43NO4Si. The van der Waals surface area contributed by atoms with Crippen LogP contribution in [0.4, 0.5) is 0 Å². The van der Waals surface area contributed by atoms with Crippen molar-refractivity contribution in [2.24, 2.45) is 0 Å². The highest BCUT2D eigenvalue weighted by molar-refractivity contribution is 6.74. The van der Waals surface area contributed by atoms with Crippen LogP contribution >= 0.6 is 0 Å². The van der Waals surface area contributed by atoms with Gasteiger partial charge in [0.1, 0.15) is 12.2 Å². The van der Waals surface area contributed by atoms with E-state index in [-0.39, 0.29) is 42.0 Å². The first kappa shape index (κ1) is 24.9. The monoisotopic (exact) mass is 449 g/mol. The van der Waals surface area contributed by atoms with Gasteiger partial charge in [-0.05, 0) is 57.3 Å². The van der Waals surface area contributed by atoms with E-state index in [1.165, 1.54) is 5.56 Å². The predicted molar refractivity (Wildman–Crippen MR) is 128 cm³/mol. The zero-order valence-corrected chi connectivity index (χ0v) is 21.7. The molecule has 0 bridgehead atoms. The van der Waals surface area contributed by atoms with Crippen molar-refractivity contribution in [1.29, 1.82) is 0 Å². The molecule has 0 spiro atoms. The third-order valence-electron chi connectivity index (χ3n) is 7.39. The number of rotatable bonds is 8. The van der Waals surface area contributed by atoms with Crippen LogP contribution in [-0.2, 0) is 13.9 Å². The minimum Gasteiger partial charge on any atom is -0.412 e. The normalized spacial score (nSPS) is 28.5. The van der Waals surface area contributed by atoms with Crippen LogP contribution < -0.4 is 0 Å². The smallest absolute Gasteiger partial charge is 0.192 e. The van der Waals surface area contributed by atoms with E-state index in [1.807, 2.05) is 13.8 Å². The van der Waals surface area contributed by atoms with Gasteiger partial charge in [-0.1, -0.05) is 51.1 Å². The van der Waals surface area contributed by atoms with Crippen LogP contribution in [0.25, 0.3) is 0 Å². The molecule has 0 aliphatic carbocycles. The average Bonchev–Trinajstić information content (AvgIpc) is 3.15. The molecule has 0 aromatic heterocycles. The summed E-state index contributed by atoms with van der Waals surface area (Å²) in [5.41, 5.74) is 1.29.